The predicted octanol–water partition coefficient (Wildman–Crippen LogP) is 2.47. The molecular formula is C16H20N2O3. The molecule has 0 aromatic carbocycles. The van der Waals surface area contributed by atoms with Gasteiger partial charge in [0.25, 0.3) is 0 Å². The summed E-state index contributed by atoms with van der Waals surface area (Å²) in [6.07, 6.45) is 7.17. The molecule has 112 valence electrons. The molecule has 1 aromatic rings. The Labute approximate surface area is 125 Å². The summed E-state index contributed by atoms with van der Waals surface area (Å²) in [6.45, 7) is 5.88. The third-order valence-electron chi connectivity index (χ3n) is 3.01. The molecule has 5 heteroatoms. The van der Waals surface area contributed by atoms with Crippen molar-refractivity contribution >= 4 is 6.09 Å². The van der Waals surface area contributed by atoms with Crippen molar-refractivity contribution in [1.29, 1.82) is 0 Å². The van der Waals surface area contributed by atoms with Crippen molar-refractivity contribution in [3.05, 3.63) is 24.4 Å². The number of hydrogen-bond acceptors (Lipinski definition) is 4. The van der Waals surface area contributed by atoms with E-state index >= 15 is 0 Å². The third kappa shape index (κ3) is 4.12. The number of likely N-dealkylation sites (tertiary alicyclic amines) is 1. The number of ether oxygens (including phenoxy) is 2. The number of hydrogen-bond donors (Lipinski definition) is 0. The molecule has 0 spiro atoms. The second-order valence-corrected chi connectivity index (χ2v) is 5.96. The van der Waals surface area contributed by atoms with E-state index in [1.165, 1.54) is 0 Å². The monoisotopic (exact) mass is 288 g/mol. The molecular weight excluding hydrogens is 268 g/mol. The lowest BCUT2D eigenvalue weighted by Crippen LogP contribution is -2.39. The molecule has 0 radical (unpaired) electrons. The first kappa shape index (κ1) is 15.2. The smallest absolute Gasteiger partial charge is 0.411 e. The highest BCUT2D eigenvalue weighted by molar-refractivity contribution is 5.69. The van der Waals surface area contributed by atoms with Crippen LogP contribution in [0.1, 0.15) is 27.2 Å². The largest absolute Gasteiger partial charge is 0.472 e. The first-order valence-corrected chi connectivity index (χ1v) is 6.92. The Morgan fingerprint density at radius 2 is 2.24 bits per heavy atom. The summed E-state index contributed by atoms with van der Waals surface area (Å²) in [4.78, 5) is 17.8. The molecule has 0 bridgehead atoms. The molecule has 1 amide bonds. The van der Waals surface area contributed by atoms with Crippen molar-refractivity contribution in [2.24, 2.45) is 0 Å². The third-order valence-corrected chi connectivity index (χ3v) is 3.01. The van der Waals surface area contributed by atoms with Crippen LogP contribution < -0.4 is 4.74 Å². The molecule has 0 aliphatic carbocycles. The van der Waals surface area contributed by atoms with E-state index in [9.17, 15) is 4.79 Å². The first-order valence-electron chi connectivity index (χ1n) is 6.92. The first-order chi connectivity index (χ1) is 9.89. The number of nitrogens with zero attached hydrogens (tertiary/aromatic N) is 2. The highest BCUT2D eigenvalue weighted by Gasteiger charge is 2.37. The van der Waals surface area contributed by atoms with Crippen LogP contribution in [-0.4, -0.2) is 40.3 Å². The van der Waals surface area contributed by atoms with E-state index in [1.807, 2.05) is 32.9 Å². The molecule has 21 heavy (non-hydrogen) atoms. The Balaban J connectivity index is 2.01. The lowest BCUT2D eigenvalue weighted by atomic mass is 10.2. The van der Waals surface area contributed by atoms with E-state index in [2.05, 4.69) is 10.9 Å². The van der Waals surface area contributed by atoms with Crippen molar-refractivity contribution in [2.45, 2.75) is 44.9 Å². The minimum atomic E-state index is -0.545. The molecule has 1 fully saturated rings. The van der Waals surface area contributed by atoms with Crippen LogP contribution >= 0.6 is 0 Å². The second-order valence-electron chi connectivity index (χ2n) is 5.96. The highest BCUT2D eigenvalue weighted by Crippen LogP contribution is 2.23. The topological polar surface area (TPSA) is 51.7 Å². The van der Waals surface area contributed by atoms with Gasteiger partial charge in [-0.2, -0.15) is 0 Å². The van der Waals surface area contributed by atoms with Gasteiger partial charge in [0.15, 0.2) is 0 Å². The zero-order chi connectivity index (χ0) is 15.5. The summed E-state index contributed by atoms with van der Waals surface area (Å²) in [5.41, 5.74) is -0.545. The van der Waals surface area contributed by atoms with Crippen molar-refractivity contribution in [3.8, 4) is 18.2 Å². The Hall–Kier alpha value is -2.22. The molecule has 5 nitrogen and oxygen atoms in total. The second kappa shape index (κ2) is 6.04. The van der Waals surface area contributed by atoms with Crippen molar-refractivity contribution in [1.82, 2.24) is 9.88 Å². The molecule has 1 aliphatic heterocycles. The summed E-state index contributed by atoms with van der Waals surface area (Å²) >= 11 is 0. The standard InChI is InChI=1S/C16H20N2O3/c1-5-12-10-13(20-14-8-6-7-9-17-14)11-18(12)15(19)21-16(2,3)4/h1,6-9,12-13H,10-11H2,2-4H3/t12-,13-/m0/s1. The summed E-state index contributed by atoms with van der Waals surface area (Å²) in [6, 6.07) is 5.13. The summed E-state index contributed by atoms with van der Waals surface area (Å²) in [5.74, 6) is 3.15. The van der Waals surface area contributed by atoms with E-state index in [0.717, 1.165) is 0 Å². The van der Waals surface area contributed by atoms with E-state index in [1.54, 1.807) is 17.2 Å². The fraction of sp³-hybridized carbons (Fsp3) is 0.500. The van der Waals surface area contributed by atoms with Crippen LogP contribution in [0, 0.1) is 12.3 Å². The molecule has 0 N–H and O–H groups in total. The number of rotatable bonds is 2. The number of terminal acetylenes is 1. The van der Waals surface area contributed by atoms with Crippen LogP contribution in [0.25, 0.3) is 0 Å². The van der Waals surface area contributed by atoms with Crippen LogP contribution in [0.3, 0.4) is 0 Å². The summed E-state index contributed by atoms with van der Waals surface area (Å²) in [7, 11) is 0. The number of amides is 1. The highest BCUT2D eigenvalue weighted by atomic mass is 16.6. The van der Waals surface area contributed by atoms with E-state index < -0.39 is 11.7 Å². The minimum Gasteiger partial charge on any atom is -0.472 e. The molecule has 1 aliphatic rings. The van der Waals surface area contributed by atoms with Crippen LogP contribution in [0.4, 0.5) is 4.79 Å². The molecule has 0 unspecified atom stereocenters. The average Bonchev–Trinajstić information content (AvgIpc) is 2.81. The number of pyridine rings is 1. The number of carbonyl (C=O) groups excluding carboxylic acids is 1. The predicted molar refractivity (Wildman–Crippen MR) is 78.8 cm³/mol. The van der Waals surface area contributed by atoms with Crippen LogP contribution in [0.15, 0.2) is 24.4 Å². The number of carbonyl (C=O) groups is 1. The zero-order valence-electron chi connectivity index (χ0n) is 12.6. The Morgan fingerprint density at radius 1 is 1.48 bits per heavy atom. The molecule has 1 saturated heterocycles. The van der Waals surface area contributed by atoms with Gasteiger partial charge in [0.2, 0.25) is 5.88 Å². The lowest BCUT2D eigenvalue weighted by Gasteiger charge is -2.26. The maximum Gasteiger partial charge on any atom is 0.411 e. The van der Waals surface area contributed by atoms with E-state index in [-0.39, 0.29) is 12.1 Å². The zero-order valence-corrected chi connectivity index (χ0v) is 12.6. The van der Waals surface area contributed by atoms with Gasteiger partial charge in [-0.15, -0.1) is 6.42 Å². The molecule has 1 aromatic heterocycles. The fourth-order valence-corrected chi connectivity index (χ4v) is 2.15. The number of aromatic nitrogens is 1. The van der Waals surface area contributed by atoms with Gasteiger partial charge in [0.1, 0.15) is 11.7 Å². The van der Waals surface area contributed by atoms with Crippen LogP contribution in [0.2, 0.25) is 0 Å². The average molecular weight is 288 g/mol. The van der Waals surface area contributed by atoms with Gasteiger partial charge >= 0.3 is 6.09 Å². The van der Waals surface area contributed by atoms with Crippen LogP contribution in [-0.2, 0) is 4.74 Å². The van der Waals surface area contributed by atoms with E-state index in [0.29, 0.717) is 18.8 Å². The van der Waals surface area contributed by atoms with E-state index in [4.69, 9.17) is 15.9 Å². The summed E-state index contributed by atoms with van der Waals surface area (Å²) < 4.78 is 11.1. The maximum atomic E-state index is 12.2. The maximum absolute atomic E-state index is 12.2. The van der Waals surface area contributed by atoms with Gasteiger partial charge in [-0.1, -0.05) is 12.0 Å². The van der Waals surface area contributed by atoms with Crippen LogP contribution in [0.5, 0.6) is 5.88 Å². The van der Waals surface area contributed by atoms with Crippen molar-refractivity contribution in [2.75, 3.05) is 6.54 Å². The van der Waals surface area contributed by atoms with Gasteiger partial charge in [-0.05, 0) is 26.8 Å². The fourth-order valence-electron chi connectivity index (χ4n) is 2.15. The lowest BCUT2D eigenvalue weighted by molar-refractivity contribution is 0.0244. The van der Waals surface area contributed by atoms with Crippen molar-refractivity contribution in [3.63, 3.8) is 0 Å². The van der Waals surface area contributed by atoms with Gasteiger partial charge in [0.05, 0.1) is 12.6 Å². The molecule has 2 atom stereocenters. The quantitative estimate of drug-likeness (QED) is 0.784. The Bertz CT molecular complexity index is 531. The van der Waals surface area contributed by atoms with Crippen molar-refractivity contribution < 1.29 is 14.3 Å². The molecule has 2 rings (SSSR count). The minimum absolute atomic E-state index is 0.173. The summed E-state index contributed by atoms with van der Waals surface area (Å²) in [5, 5.41) is 0. The van der Waals surface area contributed by atoms with Gasteiger partial charge in [-0.3, -0.25) is 4.90 Å². The Morgan fingerprint density at radius 3 is 2.81 bits per heavy atom. The SMILES string of the molecule is C#C[C@H]1C[C@H](Oc2ccccn2)CN1C(=O)OC(C)(C)C. The van der Waals surface area contributed by atoms with Gasteiger partial charge in [-0.25, -0.2) is 9.78 Å². The Kier molecular flexibility index (Phi) is 4.37. The van der Waals surface area contributed by atoms with Gasteiger partial charge in [0, 0.05) is 18.7 Å². The van der Waals surface area contributed by atoms with Gasteiger partial charge < -0.3 is 9.47 Å². The molecule has 2 heterocycles. The normalized spacial score (nSPS) is 21.7. The molecule has 0 saturated carbocycles.